The van der Waals surface area contributed by atoms with E-state index in [1.807, 2.05) is 6.92 Å². The Hall–Kier alpha value is -0.900. The van der Waals surface area contributed by atoms with Crippen molar-refractivity contribution in [3.05, 3.63) is 0 Å². The van der Waals surface area contributed by atoms with Gasteiger partial charge in [-0.25, -0.2) is 0 Å². The van der Waals surface area contributed by atoms with Crippen LogP contribution in [0.2, 0.25) is 0 Å². The number of ether oxygens (including phenoxy) is 1. The Kier molecular flexibility index (Phi) is 10.0. The summed E-state index contributed by atoms with van der Waals surface area (Å²) >= 11 is 0. The molecule has 0 aromatic heterocycles. The molecule has 0 aromatic rings. The molecule has 1 aliphatic rings. The van der Waals surface area contributed by atoms with Crippen molar-refractivity contribution in [3.63, 3.8) is 0 Å². The highest BCUT2D eigenvalue weighted by Gasteiger charge is 2.39. The predicted molar refractivity (Wildman–Crippen MR) is 112 cm³/mol. The van der Waals surface area contributed by atoms with Crippen molar-refractivity contribution in [1.82, 2.24) is 4.90 Å². The van der Waals surface area contributed by atoms with Crippen LogP contribution in [0.4, 0.5) is 0 Å². The number of ketones is 1. The summed E-state index contributed by atoms with van der Waals surface area (Å²) in [5.74, 6) is 2.08. The maximum atomic E-state index is 13.2. The summed E-state index contributed by atoms with van der Waals surface area (Å²) in [4.78, 5) is 27.3. The standard InChI is InChI=1S/C23H43NO3/c1-9-16(5)23(15(3)4)21(27-8)14-22(26)24-13-11-12-20(24)19(10-2)17(6)18(7)25/h15-17,19-21,23H,9-14H2,1-8H3. The number of carbonyl (C=O) groups is 2. The minimum Gasteiger partial charge on any atom is -0.381 e. The summed E-state index contributed by atoms with van der Waals surface area (Å²) in [6.45, 7) is 15.6. The lowest BCUT2D eigenvalue weighted by Crippen LogP contribution is -2.45. The molecule has 158 valence electrons. The van der Waals surface area contributed by atoms with Gasteiger partial charge in [-0.3, -0.25) is 9.59 Å². The average molecular weight is 382 g/mol. The van der Waals surface area contributed by atoms with Crippen LogP contribution in [0, 0.1) is 29.6 Å². The lowest BCUT2D eigenvalue weighted by atomic mass is 9.77. The van der Waals surface area contributed by atoms with Crippen LogP contribution in [0.1, 0.15) is 80.6 Å². The summed E-state index contributed by atoms with van der Waals surface area (Å²) in [5.41, 5.74) is 0. The van der Waals surface area contributed by atoms with Gasteiger partial charge in [0.15, 0.2) is 0 Å². The van der Waals surface area contributed by atoms with Gasteiger partial charge in [0.05, 0.1) is 12.5 Å². The second kappa shape index (κ2) is 11.2. The number of hydrogen-bond acceptors (Lipinski definition) is 3. The zero-order valence-corrected chi connectivity index (χ0v) is 19.0. The van der Waals surface area contributed by atoms with E-state index in [1.54, 1.807) is 14.0 Å². The third-order valence-corrected chi connectivity index (χ3v) is 7.05. The van der Waals surface area contributed by atoms with E-state index in [1.165, 1.54) is 0 Å². The van der Waals surface area contributed by atoms with Crippen molar-refractivity contribution in [3.8, 4) is 0 Å². The molecule has 4 heteroatoms. The maximum absolute atomic E-state index is 13.2. The van der Waals surface area contributed by atoms with Gasteiger partial charge >= 0.3 is 0 Å². The van der Waals surface area contributed by atoms with E-state index in [0.717, 1.165) is 32.2 Å². The topological polar surface area (TPSA) is 46.6 Å². The van der Waals surface area contributed by atoms with E-state index in [0.29, 0.717) is 24.2 Å². The molecule has 1 heterocycles. The molecule has 0 aliphatic carbocycles. The van der Waals surface area contributed by atoms with Gasteiger partial charge in [-0.05, 0) is 43.4 Å². The maximum Gasteiger partial charge on any atom is 0.225 e. The molecule has 6 unspecified atom stereocenters. The van der Waals surface area contributed by atoms with Gasteiger partial charge in [-0.1, -0.05) is 54.4 Å². The van der Waals surface area contributed by atoms with Crippen LogP contribution in [-0.4, -0.2) is 42.4 Å². The lowest BCUT2D eigenvalue weighted by Gasteiger charge is -2.37. The van der Waals surface area contributed by atoms with Crippen LogP contribution < -0.4 is 0 Å². The fraction of sp³-hybridized carbons (Fsp3) is 0.913. The highest BCUT2D eigenvalue weighted by atomic mass is 16.5. The van der Waals surface area contributed by atoms with Gasteiger partial charge in [0.25, 0.3) is 0 Å². The second-order valence-corrected chi connectivity index (χ2v) is 8.95. The van der Waals surface area contributed by atoms with E-state index in [-0.39, 0.29) is 35.7 Å². The number of nitrogens with zero attached hydrogens (tertiary/aromatic N) is 1. The number of likely N-dealkylation sites (tertiary alicyclic amines) is 1. The number of methoxy groups -OCH3 is 1. The van der Waals surface area contributed by atoms with Crippen LogP contribution in [0.3, 0.4) is 0 Å². The Balaban J connectivity index is 2.93. The van der Waals surface area contributed by atoms with Crippen molar-refractivity contribution in [1.29, 1.82) is 0 Å². The molecule has 1 amide bonds. The van der Waals surface area contributed by atoms with Crippen LogP contribution in [0.15, 0.2) is 0 Å². The number of rotatable bonds is 11. The smallest absolute Gasteiger partial charge is 0.225 e. The summed E-state index contributed by atoms with van der Waals surface area (Å²) < 4.78 is 5.83. The van der Waals surface area contributed by atoms with Crippen molar-refractivity contribution in [2.24, 2.45) is 29.6 Å². The fourth-order valence-electron chi connectivity index (χ4n) is 5.20. The molecule has 1 fully saturated rings. The fourth-order valence-corrected chi connectivity index (χ4v) is 5.20. The molecule has 0 bridgehead atoms. The largest absolute Gasteiger partial charge is 0.381 e. The molecule has 1 aliphatic heterocycles. The first-order valence-corrected chi connectivity index (χ1v) is 11.0. The monoisotopic (exact) mass is 381 g/mol. The van der Waals surface area contributed by atoms with Crippen molar-refractivity contribution in [2.45, 2.75) is 92.7 Å². The SMILES string of the molecule is CCC(C)C(C(C)C)C(CC(=O)N1CCCC1C(CC)C(C)C(C)=O)OC. The van der Waals surface area contributed by atoms with E-state index in [4.69, 9.17) is 4.74 Å². The molecule has 0 saturated carbocycles. The zero-order valence-electron chi connectivity index (χ0n) is 19.0. The Morgan fingerprint density at radius 1 is 1.11 bits per heavy atom. The number of carbonyl (C=O) groups excluding carboxylic acids is 2. The van der Waals surface area contributed by atoms with E-state index >= 15 is 0 Å². The van der Waals surface area contributed by atoms with Gasteiger partial charge < -0.3 is 9.64 Å². The van der Waals surface area contributed by atoms with Crippen LogP contribution in [0.25, 0.3) is 0 Å². The van der Waals surface area contributed by atoms with Crippen LogP contribution in [-0.2, 0) is 14.3 Å². The van der Waals surface area contributed by atoms with E-state index < -0.39 is 0 Å². The molecule has 27 heavy (non-hydrogen) atoms. The minimum absolute atomic E-state index is 0.00940. The molecule has 0 spiro atoms. The molecule has 1 saturated heterocycles. The molecular weight excluding hydrogens is 338 g/mol. The third kappa shape index (κ3) is 6.04. The van der Waals surface area contributed by atoms with Crippen LogP contribution in [0.5, 0.6) is 0 Å². The number of amides is 1. The van der Waals surface area contributed by atoms with Crippen molar-refractivity contribution < 1.29 is 14.3 Å². The molecule has 1 rings (SSSR count). The minimum atomic E-state index is -0.0426. The van der Waals surface area contributed by atoms with Crippen molar-refractivity contribution >= 4 is 11.7 Å². The second-order valence-electron chi connectivity index (χ2n) is 8.95. The highest BCUT2D eigenvalue weighted by Crippen LogP contribution is 2.34. The molecule has 6 atom stereocenters. The van der Waals surface area contributed by atoms with Gasteiger partial charge in [-0.2, -0.15) is 0 Å². The summed E-state index contributed by atoms with van der Waals surface area (Å²) in [7, 11) is 1.74. The number of Topliss-reactive ketones (excluding diaryl/α,β-unsaturated/α-hetero) is 1. The van der Waals surface area contributed by atoms with Crippen LogP contribution >= 0.6 is 0 Å². The molecule has 0 N–H and O–H groups in total. The van der Waals surface area contributed by atoms with Gasteiger partial charge in [-0.15, -0.1) is 0 Å². The Morgan fingerprint density at radius 2 is 1.74 bits per heavy atom. The normalized spacial score (nSPS) is 23.1. The van der Waals surface area contributed by atoms with Gasteiger partial charge in [0, 0.05) is 25.6 Å². The average Bonchev–Trinajstić information content (AvgIpc) is 3.10. The Labute approximate surface area is 167 Å². The lowest BCUT2D eigenvalue weighted by molar-refractivity contribution is -0.139. The van der Waals surface area contributed by atoms with Gasteiger partial charge in [0.1, 0.15) is 5.78 Å². The Morgan fingerprint density at radius 3 is 2.19 bits per heavy atom. The first-order valence-electron chi connectivity index (χ1n) is 11.0. The van der Waals surface area contributed by atoms with E-state index in [2.05, 4.69) is 39.5 Å². The number of hydrogen-bond donors (Lipinski definition) is 0. The van der Waals surface area contributed by atoms with E-state index in [9.17, 15) is 9.59 Å². The molecular formula is C23H43NO3. The summed E-state index contributed by atoms with van der Waals surface area (Å²) in [5, 5.41) is 0. The third-order valence-electron chi connectivity index (χ3n) is 7.05. The summed E-state index contributed by atoms with van der Waals surface area (Å²) in [6, 6.07) is 0.194. The quantitative estimate of drug-likeness (QED) is 0.508. The van der Waals surface area contributed by atoms with Gasteiger partial charge in [0.2, 0.25) is 5.91 Å². The molecule has 0 aromatic carbocycles. The van der Waals surface area contributed by atoms with Crippen molar-refractivity contribution in [2.75, 3.05) is 13.7 Å². The summed E-state index contributed by atoms with van der Waals surface area (Å²) in [6.07, 6.45) is 4.48. The highest BCUT2D eigenvalue weighted by molar-refractivity contribution is 5.79. The zero-order chi connectivity index (χ0) is 20.7. The first-order chi connectivity index (χ1) is 12.7. The molecule has 0 radical (unpaired) electrons. The Bertz CT molecular complexity index is 476. The first kappa shape index (κ1) is 24.1. The predicted octanol–water partition coefficient (Wildman–Crippen LogP) is 4.95. The molecule has 4 nitrogen and oxygen atoms in total.